The number of rotatable bonds is 8. The van der Waals surface area contributed by atoms with E-state index in [1.54, 1.807) is 32.4 Å². The first kappa shape index (κ1) is 15.3. The molecule has 0 bridgehead atoms. The number of amides is 1. The molecule has 0 aromatic heterocycles. The van der Waals surface area contributed by atoms with Crippen LogP contribution in [0.1, 0.15) is 17.3 Å². The predicted molar refractivity (Wildman–Crippen MR) is 69.5 cm³/mol. The number of methoxy groups -OCH3 is 2. The lowest BCUT2D eigenvalue weighted by molar-refractivity contribution is 0.00887. The van der Waals surface area contributed by atoms with Crippen LogP contribution in [0.4, 0.5) is 0 Å². The summed E-state index contributed by atoms with van der Waals surface area (Å²) in [6.45, 7) is 3.05. The topological polar surface area (TPSA) is 66.0 Å². The van der Waals surface area contributed by atoms with Crippen molar-refractivity contribution in [3.63, 3.8) is 0 Å². The van der Waals surface area contributed by atoms with Crippen molar-refractivity contribution < 1.29 is 23.8 Å². The zero-order valence-electron chi connectivity index (χ0n) is 11.4. The summed E-state index contributed by atoms with van der Waals surface area (Å²) in [5.41, 5.74) is 2.76. The van der Waals surface area contributed by atoms with E-state index in [0.717, 1.165) is 0 Å². The Morgan fingerprint density at radius 2 is 2.00 bits per heavy atom. The van der Waals surface area contributed by atoms with Crippen molar-refractivity contribution in [3.8, 4) is 11.5 Å². The highest BCUT2D eigenvalue weighted by Gasteiger charge is 2.11. The first-order valence-electron chi connectivity index (χ1n) is 5.94. The van der Waals surface area contributed by atoms with Gasteiger partial charge < -0.3 is 14.2 Å². The first-order chi connectivity index (χ1) is 9.22. The third kappa shape index (κ3) is 4.76. The smallest absolute Gasteiger partial charge is 0.274 e. The van der Waals surface area contributed by atoms with Crippen LogP contribution in [0, 0.1) is 0 Å². The summed E-state index contributed by atoms with van der Waals surface area (Å²) in [5.74, 6) is 0.757. The Hall–Kier alpha value is -1.79. The molecule has 0 radical (unpaired) electrons. The van der Waals surface area contributed by atoms with E-state index in [4.69, 9.17) is 19.0 Å². The summed E-state index contributed by atoms with van der Waals surface area (Å²) in [4.78, 5) is 16.7. The predicted octanol–water partition coefficient (Wildman–Crippen LogP) is 1.40. The average molecular weight is 269 g/mol. The van der Waals surface area contributed by atoms with Crippen LogP contribution >= 0.6 is 0 Å². The normalized spacial score (nSPS) is 10.1. The SMILES string of the molecule is CCOc1cc(C(=O)NOCCOC)ccc1OC. The van der Waals surface area contributed by atoms with Crippen LogP contribution in [0.2, 0.25) is 0 Å². The molecule has 0 aliphatic carbocycles. The van der Waals surface area contributed by atoms with E-state index in [1.165, 1.54) is 0 Å². The van der Waals surface area contributed by atoms with Crippen LogP contribution in [-0.2, 0) is 9.57 Å². The fraction of sp³-hybridized carbons (Fsp3) is 0.462. The summed E-state index contributed by atoms with van der Waals surface area (Å²) in [7, 11) is 3.11. The maximum atomic E-state index is 11.8. The minimum absolute atomic E-state index is 0.288. The fourth-order valence-electron chi connectivity index (χ4n) is 1.39. The molecule has 1 aromatic carbocycles. The lowest BCUT2D eigenvalue weighted by atomic mass is 10.2. The van der Waals surface area contributed by atoms with E-state index in [9.17, 15) is 4.79 Å². The van der Waals surface area contributed by atoms with Crippen molar-refractivity contribution in [1.29, 1.82) is 0 Å². The number of ether oxygens (including phenoxy) is 3. The molecule has 1 rings (SSSR count). The van der Waals surface area contributed by atoms with Crippen LogP contribution < -0.4 is 15.0 Å². The lowest BCUT2D eigenvalue weighted by Crippen LogP contribution is -2.25. The summed E-state index contributed by atoms with van der Waals surface area (Å²) < 4.78 is 15.3. The molecule has 1 N–H and O–H groups in total. The number of carbonyl (C=O) groups excluding carboxylic acids is 1. The maximum Gasteiger partial charge on any atom is 0.274 e. The number of carbonyl (C=O) groups is 1. The number of hydroxylamine groups is 1. The van der Waals surface area contributed by atoms with Crippen LogP contribution in [-0.4, -0.2) is 39.9 Å². The number of hydrogen-bond donors (Lipinski definition) is 1. The molecule has 0 saturated carbocycles. The Kier molecular flexibility index (Phi) is 6.70. The summed E-state index contributed by atoms with van der Waals surface area (Å²) in [5, 5.41) is 0. The molecule has 0 unspecified atom stereocenters. The van der Waals surface area contributed by atoms with E-state index in [1.807, 2.05) is 6.92 Å². The second-order valence-electron chi connectivity index (χ2n) is 3.57. The van der Waals surface area contributed by atoms with E-state index in [0.29, 0.717) is 30.3 Å². The minimum atomic E-state index is -0.347. The van der Waals surface area contributed by atoms with Gasteiger partial charge in [-0.05, 0) is 25.1 Å². The highest BCUT2D eigenvalue weighted by Crippen LogP contribution is 2.27. The van der Waals surface area contributed by atoms with Gasteiger partial charge in [0.2, 0.25) is 0 Å². The van der Waals surface area contributed by atoms with Crippen molar-refractivity contribution >= 4 is 5.91 Å². The van der Waals surface area contributed by atoms with Gasteiger partial charge in [0.25, 0.3) is 5.91 Å². The summed E-state index contributed by atoms with van der Waals surface area (Å²) in [6, 6.07) is 4.92. The highest BCUT2D eigenvalue weighted by atomic mass is 16.7. The van der Waals surface area contributed by atoms with Gasteiger partial charge >= 0.3 is 0 Å². The van der Waals surface area contributed by atoms with E-state index >= 15 is 0 Å². The number of benzene rings is 1. The molecular formula is C13H19NO5. The van der Waals surface area contributed by atoms with Gasteiger partial charge in [0, 0.05) is 12.7 Å². The Bertz CT molecular complexity index is 408. The minimum Gasteiger partial charge on any atom is -0.493 e. The van der Waals surface area contributed by atoms with Crippen LogP contribution in [0.3, 0.4) is 0 Å². The lowest BCUT2D eigenvalue weighted by Gasteiger charge is -2.11. The number of hydrogen-bond acceptors (Lipinski definition) is 5. The Balaban J connectivity index is 2.66. The van der Waals surface area contributed by atoms with Gasteiger partial charge in [-0.3, -0.25) is 9.63 Å². The van der Waals surface area contributed by atoms with E-state index < -0.39 is 0 Å². The molecule has 19 heavy (non-hydrogen) atoms. The zero-order valence-corrected chi connectivity index (χ0v) is 11.4. The summed E-state index contributed by atoms with van der Waals surface area (Å²) in [6.07, 6.45) is 0. The standard InChI is InChI=1S/C13H19NO5/c1-4-18-12-9-10(5-6-11(12)17-3)13(15)14-19-8-7-16-2/h5-6,9H,4,7-8H2,1-3H3,(H,14,15). The van der Waals surface area contributed by atoms with Crippen LogP contribution in [0.5, 0.6) is 11.5 Å². The van der Waals surface area contributed by atoms with E-state index in [-0.39, 0.29) is 12.5 Å². The second kappa shape index (κ2) is 8.34. The molecule has 0 aliphatic heterocycles. The third-order valence-corrected chi connectivity index (χ3v) is 2.28. The van der Waals surface area contributed by atoms with Gasteiger partial charge in [-0.15, -0.1) is 0 Å². The quantitative estimate of drug-likeness (QED) is 0.571. The second-order valence-corrected chi connectivity index (χ2v) is 3.57. The maximum absolute atomic E-state index is 11.8. The molecule has 0 aliphatic rings. The molecule has 0 saturated heterocycles. The van der Waals surface area contributed by atoms with Gasteiger partial charge in [0.15, 0.2) is 11.5 Å². The molecule has 6 nitrogen and oxygen atoms in total. The van der Waals surface area contributed by atoms with Crippen molar-refractivity contribution in [2.24, 2.45) is 0 Å². The van der Waals surface area contributed by atoms with Gasteiger partial charge in [-0.2, -0.15) is 0 Å². The molecule has 6 heteroatoms. The monoisotopic (exact) mass is 269 g/mol. The van der Waals surface area contributed by atoms with Gasteiger partial charge in [0.05, 0.1) is 26.9 Å². The molecule has 1 amide bonds. The Morgan fingerprint density at radius 1 is 1.21 bits per heavy atom. The first-order valence-corrected chi connectivity index (χ1v) is 5.94. The average Bonchev–Trinajstić information content (AvgIpc) is 2.43. The number of nitrogens with one attached hydrogen (secondary N) is 1. The molecule has 0 fully saturated rings. The third-order valence-electron chi connectivity index (χ3n) is 2.28. The van der Waals surface area contributed by atoms with Gasteiger partial charge in [0.1, 0.15) is 0 Å². The van der Waals surface area contributed by atoms with Crippen molar-refractivity contribution in [3.05, 3.63) is 23.8 Å². The largest absolute Gasteiger partial charge is 0.493 e. The Morgan fingerprint density at radius 3 is 2.63 bits per heavy atom. The van der Waals surface area contributed by atoms with Crippen molar-refractivity contribution in [2.75, 3.05) is 34.0 Å². The van der Waals surface area contributed by atoms with Crippen molar-refractivity contribution in [1.82, 2.24) is 5.48 Å². The van der Waals surface area contributed by atoms with E-state index in [2.05, 4.69) is 5.48 Å². The van der Waals surface area contributed by atoms with Crippen molar-refractivity contribution in [2.45, 2.75) is 6.92 Å². The Labute approximate surface area is 112 Å². The molecule has 0 spiro atoms. The summed E-state index contributed by atoms with van der Waals surface area (Å²) >= 11 is 0. The van der Waals surface area contributed by atoms with Gasteiger partial charge in [-0.25, -0.2) is 5.48 Å². The van der Waals surface area contributed by atoms with Crippen LogP contribution in [0.25, 0.3) is 0 Å². The van der Waals surface area contributed by atoms with Crippen LogP contribution in [0.15, 0.2) is 18.2 Å². The fourth-order valence-corrected chi connectivity index (χ4v) is 1.39. The molecule has 0 heterocycles. The van der Waals surface area contributed by atoms with Gasteiger partial charge in [-0.1, -0.05) is 0 Å². The molecule has 106 valence electrons. The molecular weight excluding hydrogens is 250 g/mol. The highest BCUT2D eigenvalue weighted by molar-refractivity contribution is 5.94. The zero-order chi connectivity index (χ0) is 14.1. The molecule has 1 aromatic rings. The molecule has 0 atom stereocenters.